The first-order valence-corrected chi connectivity index (χ1v) is 7.38. The molecule has 5 nitrogen and oxygen atoms in total. The first-order chi connectivity index (χ1) is 9.79. The van der Waals surface area contributed by atoms with Crippen molar-refractivity contribution in [3.8, 4) is 0 Å². The standard InChI is InChI=1S/C15H19N5/c1-20-7-6-16-14(20)9-17-13-8-12(10-2-3-10)18-15(19-13)11-4-5-11/h6-8,10-11H,2-5,9H2,1H3,(H,17,18,19). The van der Waals surface area contributed by atoms with Crippen molar-refractivity contribution in [2.45, 2.75) is 44.1 Å². The number of aryl methyl sites for hydroxylation is 1. The van der Waals surface area contributed by atoms with Crippen LogP contribution in [0.1, 0.15) is 54.9 Å². The van der Waals surface area contributed by atoms with Crippen LogP contribution in [0.4, 0.5) is 5.82 Å². The predicted molar refractivity (Wildman–Crippen MR) is 76.5 cm³/mol. The van der Waals surface area contributed by atoms with Gasteiger partial charge < -0.3 is 9.88 Å². The highest BCUT2D eigenvalue weighted by atomic mass is 15.1. The Morgan fingerprint density at radius 1 is 1.20 bits per heavy atom. The van der Waals surface area contributed by atoms with Gasteiger partial charge in [0.25, 0.3) is 0 Å². The Morgan fingerprint density at radius 3 is 2.65 bits per heavy atom. The second kappa shape index (κ2) is 4.58. The quantitative estimate of drug-likeness (QED) is 0.906. The highest BCUT2D eigenvalue weighted by Crippen LogP contribution is 2.43. The minimum atomic E-state index is 0.599. The lowest BCUT2D eigenvalue weighted by atomic mass is 10.2. The van der Waals surface area contributed by atoms with Crippen molar-refractivity contribution in [2.75, 3.05) is 5.32 Å². The van der Waals surface area contributed by atoms with Crippen molar-refractivity contribution in [3.63, 3.8) is 0 Å². The molecule has 0 unspecified atom stereocenters. The van der Waals surface area contributed by atoms with E-state index in [-0.39, 0.29) is 0 Å². The molecule has 20 heavy (non-hydrogen) atoms. The Bertz CT molecular complexity index is 595. The fourth-order valence-electron chi connectivity index (χ4n) is 2.42. The van der Waals surface area contributed by atoms with Crippen LogP contribution in [0, 0.1) is 0 Å². The smallest absolute Gasteiger partial charge is 0.134 e. The summed E-state index contributed by atoms with van der Waals surface area (Å²) in [6, 6.07) is 2.12. The Kier molecular flexibility index (Phi) is 2.72. The predicted octanol–water partition coefficient (Wildman–Crippen LogP) is 2.58. The van der Waals surface area contributed by atoms with Gasteiger partial charge in [-0.15, -0.1) is 0 Å². The van der Waals surface area contributed by atoms with E-state index in [2.05, 4.69) is 21.4 Å². The molecule has 5 heteroatoms. The lowest BCUT2D eigenvalue weighted by Gasteiger charge is -2.09. The lowest BCUT2D eigenvalue weighted by Crippen LogP contribution is -2.09. The number of nitrogens with zero attached hydrogens (tertiary/aromatic N) is 4. The monoisotopic (exact) mass is 269 g/mol. The van der Waals surface area contributed by atoms with Gasteiger partial charge in [-0.1, -0.05) is 0 Å². The van der Waals surface area contributed by atoms with Crippen LogP contribution in [0.15, 0.2) is 18.5 Å². The molecule has 0 saturated heterocycles. The highest BCUT2D eigenvalue weighted by Gasteiger charge is 2.31. The van der Waals surface area contributed by atoms with Crippen molar-refractivity contribution in [1.29, 1.82) is 0 Å². The van der Waals surface area contributed by atoms with Crippen molar-refractivity contribution < 1.29 is 0 Å². The van der Waals surface area contributed by atoms with Gasteiger partial charge in [0.1, 0.15) is 17.5 Å². The lowest BCUT2D eigenvalue weighted by molar-refractivity contribution is 0.805. The molecule has 2 aromatic heterocycles. The molecule has 1 N–H and O–H groups in total. The van der Waals surface area contributed by atoms with Crippen LogP contribution in [0.25, 0.3) is 0 Å². The molecule has 2 aliphatic carbocycles. The van der Waals surface area contributed by atoms with Crippen molar-refractivity contribution in [2.24, 2.45) is 7.05 Å². The van der Waals surface area contributed by atoms with Gasteiger partial charge in [-0.25, -0.2) is 15.0 Å². The molecule has 0 atom stereocenters. The summed E-state index contributed by atoms with van der Waals surface area (Å²) in [6.45, 7) is 0.703. The summed E-state index contributed by atoms with van der Waals surface area (Å²) in [4.78, 5) is 13.8. The number of anilines is 1. The van der Waals surface area contributed by atoms with E-state index in [0.29, 0.717) is 18.4 Å². The molecule has 0 aliphatic heterocycles. The van der Waals surface area contributed by atoms with E-state index in [4.69, 9.17) is 4.98 Å². The van der Waals surface area contributed by atoms with Crippen LogP contribution >= 0.6 is 0 Å². The van der Waals surface area contributed by atoms with Gasteiger partial charge in [0.2, 0.25) is 0 Å². The molecule has 2 saturated carbocycles. The zero-order valence-electron chi connectivity index (χ0n) is 11.7. The van der Waals surface area contributed by atoms with Crippen LogP contribution in [-0.4, -0.2) is 19.5 Å². The maximum Gasteiger partial charge on any atom is 0.134 e. The average Bonchev–Trinajstić information content (AvgIpc) is 3.36. The molecule has 0 aromatic carbocycles. The maximum absolute atomic E-state index is 4.75. The summed E-state index contributed by atoms with van der Waals surface area (Å²) < 4.78 is 2.03. The van der Waals surface area contributed by atoms with Crippen LogP contribution in [0.2, 0.25) is 0 Å². The van der Waals surface area contributed by atoms with E-state index in [1.807, 2.05) is 24.0 Å². The van der Waals surface area contributed by atoms with Crippen LogP contribution in [-0.2, 0) is 13.6 Å². The van der Waals surface area contributed by atoms with Crippen LogP contribution in [0.5, 0.6) is 0 Å². The molecule has 2 aliphatic rings. The number of aromatic nitrogens is 4. The Labute approximate surface area is 118 Å². The summed E-state index contributed by atoms with van der Waals surface area (Å²) in [5.41, 5.74) is 1.23. The molecule has 104 valence electrons. The van der Waals surface area contributed by atoms with Gasteiger partial charge in [-0.2, -0.15) is 0 Å². The third-order valence-electron chi connectivity index (χ3n) is 4.05. The molecule has 0 bridgehead atoms. The molecule has 0 amide bonds. The zero-order chi connectivity index (χ0) is 13.5. The molecular formula is C15H19N5. The fraction of sp³-hybridized carbons (Fsp3) is 0.533. The molecule has 0 spiro atoms. The molecule has 4 rings (SSSR count). The second-order valence-electron chi connectivity index (χ2n) is 5.89. The van der Waals surface area contributed by atoms with Gasteiger partial charge in [0, 0.05) is 43.0 Å². The summed E-state index contributed by atoms with van der Waals surface area (Å²) in [5.74, 6) is 4.28. The van der Waals surface area contributed by atoms with Crippen LogP contribution in [0.3, 0.4) is 0 Å². The summed E-state index contributed by atoms with van der Waals surface area (Å²) in [5, 5.41) is 3.40. The van der Waals surface area contributed by atoms with Crippen molar-refractivity contribution in [1.82, 2.24) is 19.5 Å². The zero-order valence-corrected chi connectivity index (χ0v) is 11.7. The van der Waals surface area contributed by atoms with E-state index >= 15 is 0 Å². The molecular weight excluding hydrogens is 250 g/mol. The summed E-state index contributed by atoms with van der Waals surface area (Å²) >= 11 is 0. The first kappa shape index (κ1) is 11.9. The summed E-state index contributed by atoms with van der Waals surface area (Å²) in [7, 11) is 2.01. The van der Waals surface area contributed by atoms with E-state index in [1.54, 1.807) is 0 Å². The molecule has 0 radical (unpaired) electrons. The number of rotatable bonds is 5. The van der Waals surface area contributed by atoms with Gasteiger partial charge in [0.05, 0.1) is 6.54 Å². The van der Waals surface area contributed by atoms with E-state index in [0.717, 1.165) is 17.5 Å². The molecule has 2 fully saturated rings. The van der Waals surface area contributed by atoms with E-state index in [9.17, 15) is 0 Å². The summed E-state index contributed by atoms with van der Waals surface area (Å²) in [6.07, 6.45) is 8.82. The van der Waals surface area contributed by atoms with Gasteiger partial charge in [-0.3, -0.25) is 0 Å². The van der Waals surface area contributed by atoms with Gasteiger partial charge >= 0.3 is 0 Å². The molecule has 2 aromatic rings. The number of hydrogen-bond acceptors (Lipinski definition) is 4. The normalized spacial score (nSPS) is 18.2. The number of nitrogens with one attached hydrogen (secondary N) is 1. The highest BCUT2D eigenvalue weighted by molar-refractivity contribution is 5.39. The van der Waals surface area contributed by atoms with Crippen LogP contribution < -0.4 is 5.32 Å². The third-order valence-corrected chi connectivity index (χ3v) is 4.05. The van der Waals surface area contributed by atoms with Gasteiger partial charge in [0.15, 0.2) is 0 Å². The Hall–Kier alpha value is -1.91. The van der Waals surface area contributed by atoms with E-state index in [1.165, 1.54) is 31.4 Å². The van der Waals surface area contributed by atoms with Crippen molar-refractivity contribution >= 4 is 5.82 Å². The topological polar surface area (TPSA) is 55.6 Å². The third kappa shape index (κ3) is 2.40. The number of imidazole rings is 1. The van der Waals surface area contributed by atoms with Gasteiger partial charge in [-0.05, 0) is 25.7 Å². The molecule has 2 heterocycles. The average molecular weight is 269 g/mol. The van der Waals surface area contributed by atoms with Crippen molar-refractivity contribution in [3.05, 3.63) is 35.8 Å². The largest absolute Gasteiger partial charge is 0.363 e. The second-order valence-corrected chi connectivity index (χ2v) is 5.89. The first-order valence-electron chi connectivity index (χ1n) is 7.38. The van der Waals surface area contributed by atoms with E-state index < -0.39 is 0 Å². The SMILES string of the molecule is Cn1ccnc1CNc1cc(C2CC2)nc(C2CC2)n1. The minimum Gasteiger partial charge on any atom is -0.363 e. The number of hydrogen-bond donors (Lipinski definition) is 1. The Morgan fingerprint density at radius 2 is 2.00 bits per heavy atom. The Balaban J connectivity index is 1.55. The minimum absolute atomic E-state index is 0.599. The maximum atomic E-state index is 4.75. The fourth-order valence-corrected chi connectivity index (χ4v) is 2.42.